The fraction of sp³-hybridized carbons (Fsp3) is 0.455. The van der Waals surface area contributed by atoms with Gasteiger partial charge in [-0.2, -0.15) is 0 Å². The van der Waals surface area contributed by atoms with Gasteiger partial charge in [-0.15, -0.1) is 0 Å². The van der Waals surface area contributed by atoms with E-state index < -0.39 is 5.91 Å². The predicted molar refractivity (Wildman–Crippen MR) is 55.2 cm³/mol. The van der Waals surface area contributed by atoms with Crippen LogP contribution in [0, 0.1) is 5.92 Å². The Morgan fingerprint density at radius 2 is 2.33 bits per heavy atom. The molecule has 1 fully saturated rings. The number of carbonyl (C=O) groups is 1. The van der Waals surface area contributed by atoms with Crippen molar-refractivity contribution >= 4 is 5.91 Å². The third-order valence-corrected chi connectivity index (χ3v) is 2.62. The Hall–Kier alpha value is -1.42. The van der Waals surface area contributed by atoms with Crippen molar-refractivity contribution in [3.05, 3.63) is 29.6 Å². The molecule has 0 aromatic carbocycles. The maximum atomic E-state index is 11.0. The molecule has 0 bridgehead atoms. The number of nitrogens with zero attached hydrogens (tertiary/aromatic N) is 1. The molecule has 4 heteroatoms. The first-order valence-electron chi connectivity index (χ1n) is 5.02. The second kappa shape index (κ2) is 3.98. The van der Waals surface area contributed by atoms with E-state index in [2.05, 4.69) is 4.98 Å². The topological polar surface area (TPSA) is 65.2 Å². The van der Waals surface area contributed by atoms with Gasteiger partial charge < -0.3 is 10.5 Å². The lowest BCUT2D eigenvalue weighted by molar-refractivity contribution is 0.0806. The number of primary amides is 1. The summed E-state index contributed by atoms with van der Waals surface area (Å²) in [6.07, 6.45) is 2.34. The smallest absolute Gasteiger partial charge is 0.267 e. The monoisotopic (exact) mass is 206 g/mol. The fourth-order valence-electron chi connectivity index (χ4n) is 1.70. The highest BCUT2D eigenvalue weighted by molar-refractivity contribution is 5.90. The fourth-order valence-corrected chi connectivity index (χ4v) is 1.70. The molecule has 80 valence electrons. The van der Waals surface area contributed by atoms with Gasteiger partial charge >= 0.3 is 0 Å². The highest BCUT2D eigenvalue weighted by atomic mass is 16.5. The van der Waals surface area contributed by atoms with E-state index in [1.807, 2.05) is 6.07 Å². The Morgan fingerprint density at radius 3 is 2.87 bits per heavy atom. The number of nitrogens with two attached hydrogens (primary N) is 1. The number of ether oxygens (including phenoxy) is 1. The summed E-state index contributed by atoms with van der Waals surface area (Å²) in [5.41, 5.74) is 6.28. The van der Waals surface area contributed by atoms with Gasteiger partial charge in [0.2, 0.25) is 0 Å². The SMILES string of the molecule is COC(c1cccc(C(N)=O)n1)C1CC1. The van der Waals surface area contributed by atoms with Crippen LogP contribution < -0.4 is 5.73 Å². The van der Waals surface area contributed by atoms with Gasteiger partial charge in [0, 0.05) is 7.11 Å². The average molecular weight is 206 g/mol. The maximum absolute atomic E-state index is 11.0. The molecule has 1 atom stereocenters. The van der Waals surface area contributed by atoms with Crippen LogP contribution >= 0.6 is 0 Å². The number of amides is 1. The van der Waals surface area contributed by atoms with Crippen molar-refractivity contribution in [2.45, 2.75) is 18.9 Å². The first-order chi connectivity index (χ1) is 7.22. The average Bonchev–Trinajstić information content (AvgIpc) is 3.04. The minimum absolute atomic E-state index is 0.00398. The molecule has 2 N–H and O–H groups in total. The molecule has 0 aliphatic heterocycles. The minimum atomic E-state index is -0.498. The Bertz CT molecular complexity index is 375. The van der Waals surface area contributed by atoms with Crippen molar-refractivity contribution in [2.75, 3.05) is 7.11 Å². The van der Waals surface area contributed by atoms with Crippen LogP contribution in [0.1, 0.15) is 35.1 Å². The van der Waals surface area contributed by atoms with Gasteiger partial charge in [0.1, 0.15) is 11.8 Å². The van der Waals surface area contributed by atoms with E-state index in [1.165, 1.54) is 12.8 Å². The number of hydrogen-bond acceptors (Lipinski definition) is 3. The largest absolute Gasteiger partial charge is 0.375 e. The van der Waals surface area contributed by atoms with Crippen LogP contribution in [0.3, 0.4) is 0 Å². The zero-order valence-corrected chi connectivity index (χ0v) is 8.64. The highest BCUT2D eigenvalue weighted by Crippen LogP contribution is 2.42. The second-order valence-corrected chi connectivity index (χ2v) is 3.81. The summed E-state index contributed by atoms with van der Waals surface area (Å²) in [6.45, 7) is 0. The van der Waals surface area contributed by atoms with Crippen LogP contribution in [0.5, 0.6) is 0 Å². The summed E-state index contributed by atoms with van der Waals surface area (Å²) in [5, 5.41) is 0. The lowest BCUT2D eigenvalue weighted by Crippen LogP contribution is -2.15. The van der Waals surface area contributed by atoms with Crippen molar-refractivity contribution in [3.8, 4) is 0 Å². The van der Waals surface area contributed by atoms with E-state index in [0.717, 1.165) is 5.69 Å². The van der Waals surface area contributed by atoms with E-state index in [9.17, 15) is 4.79 Å². The van der Waals surface area contributed by atoms with E-state index in [1.54, 1.807) is 19.2 Å². The first-order valence-corrected chi connectivity index (χ1v) is 5.02. The number of hydrogen-bond donors (Lipinski definition) is 1. The molecule has 1 aromatic heterocycles. The second-order valence-electron chi connectivity index (χ2n) is 3.81. The van der Waals surface area contributed by atoms with Crippen LogP contribution in [-0.4, -0.2) is 18.0 Å². The lowest BCUT2D eigenvalue weighted by atomic mass is 10.1. The quantitative estimate of drug-likeness (QED) is 0.807. The van der Waals surface area contributed by atoms with Gasteiger partial charge in [-0.1, -0.05) is 6.07 Å². The van der Waals surface area contributed by atoms with Crippen molar-refractivity contribution < 1.29 is 9.53 Å². The Balaban J connectivity index is 2.26. The predicted octanol–water partition coefficient (Wildman–Crippen LogP) is 1.28. The third kappa shape index (κ3) is 2.15. The van der Waals surface area contributed by atoms with Gasteiger partial charge in [0.05, 0.1) is 5.69 Å². The van der Waals surface area contributed by atoms with Gasteiger partial charge in [0.15, 0.2) is 0 Å². The lowest BCUT2D eigenvalue weighted by Gasteiger charge is -2.13. The summed E-state index contributed by atoms with van der Waals surface area (Å²) < 4.78 is 5.38. The third-order valence-electron chi connectivity index (χ3n) is 2.62. The van der Waals surface area contributed by atoms with Crippen LogP contribution in [0.25, 0.3) is 0 Å². The molecular formula is C11H14N2O2. The van der Waals surface area contributed by atoms with Gasteiger partial charge in [0.25, 0.3) is 5.91 Å². The van der Waals surface area contributed by atoms with Crippen molar-refractivity contribution in [1.82, 2.24) is 4.98 Å². The van der Waals surface area contributed by atoms with Crippen LogP contribution in [0.2, 0.25) is 0 Å². The molecule has 1 amide bonds. The molecule has 1 aromatic rings. The van der Waals surface area contributed by atoms with Crippen LogP contribution in [0.15, 0.2) is 18.2 Å². The Morgan fingerprint density at radius 1 is 1.60 bits per heavy atom. The molecular weight excluding hydrogens is 192 g/mol. The van der Waals surface area contributed by atoms with Gasteiger partial charge in [-0.25, -0.2) is 4.98 Å². The molecule has 1 saturated carbocycles. The summed E-state index contributed by atoms with van der Waals surface area (Å²) in [5.74, 6) is 0.0492. The highest BCUT2D eigenvalue weighted by Gasteiger charge is 2.33. The molecule has 0 spiro atoms. The standard InChI is InChI=1S/C11H14N2O2/c1-15-10(7-5-6-7)8-3-2-4-9(13-8)11(12)14/h2-4,7,10H,5-6H2,1H3,(H2,12,14). The zero-order valence-electron chi connectivity index (χ0n) is 8.64. The molecule has 15 heavy (non-hydrogen) atoms. The Labute approximate surface area is 88.4 Å². The summed E-state index contributed by atoms with van der Waals surface area (Å²) in [7, 11) is 1.67. The summed E-state index contributed by atoms with van der Waals surface area (Å²) in [6, 6.07) is 5.28. The van der Waals surface area contributed by atoms with Crippen molar-refractivity contribution in [2.24, 2.45) is 11.7 Å². The number of aromatic nitrogens is 1. The maximum Gasteiger partial charge on any atom is 0.267 e. The number of pyridine rings is 1. The van der Waals surface area contributed by atoms with Crippen molar-refractivity contribution in [1.29, 1.82) is 0 Å². The van der Waals surface area contributed by atoms with Crippen molar-refractivity contribution in [3.63, 3.8) is 0 Å². The summed E-state index contributed by atoms with van der Waals surface area (Å²) in [4.78, 5) is 15.2. The molecule has 1 aliphatic rings. The van der Waals surface area contributed by atoms with E-state index >= 15 is 0 Å². The van der Waals surface area contributed by atoms with Crippen LogP contribution in [-0.2, 0) is 4.74 Å². The molecule has 0 saturated heterocycles. The van der Waals surface area contributed by atoms with E-state index in [0.29, 0.717) is 11.6 Å². The van der Waals surface area contributed by atoms with E-state index in [-0.39, 0.29) is 6.10 Å². The molecule has 4 nitrogen and oxygen atoms in total. The molecule has 2 rings (SSSR count). The van der Waals surface area contributed by atoms with E-state index in [4.69, 9.17) is 10.5 Å². The molecule has 1 unspecified atom stereocenters. The molecule has 1 heterocycles. The zero-order chi connectivity index (χ0) is 10.8. The normalized spacial score (nSPS) is 17.4. The number of carbonyl (C=O) groups excluding carboxylic acids is 1. The van der Waals surface area contributed by atoms with Gasteiger partial charge in [-0.3, -0.25) is 4.79 Å². The molecule has 1 aliphatic carbocycles. The van der Waals surface area contributed by atoms with Gasteiger partial charge in [-0.05, 0) is 30.9 Å². The first kappa shape index (κ1) is 10.1. The summed E-state index contributed by atoms with van der Waals surface area (Å²) >= 11 is 0. The molecule has 0 radical (unpaired) electrons. The number of methoxy groups -OCH3 is 1. The minimum Gasteiger partial charge on any atom is -0.375 e. The van der Waals surface area contributed by atoms with Crippen LogP contribution in [0.4, 0.5) is 0 Å². The Kier molecular flexibility index (Phi) is 2.68. The number of rotatable bonds is 4.